The highest BCUT2D eigenvalue weighted by Gasteiger charge is 2.27. The summed E-state index contributed by atoms with van der Waals surface area (Å²) in [6.45, 7) is 1.32. The van der Waals surface area contributed by atoms with Crippen molar-refractivity contribution in [2.75, 3.05) is 25.1 Å². The van der Waals surface area contributed by atoms with Crippen LogP contribution < -0.4 is 4.90 Å². The Hall–Kier alpha value is -1.58. The van der Waals surface area contributed by atoms with E-state index in [1.54, 1.807) is 18.2 Å². The molecular formula is C13H16FNO2. The number of benzene rings is 1. The number of rotatable bonds is 2. The van der Waals surface area contributed by atoms with Gasteiger partial charge in [0.2, 0.25) is 0 Å². The highest BCUT2D eigenvalue weighted by molar-refractivity contribution is 5.73. The van der Waals surface area contributed by atoms with Gasteiger partial charge < -0.3 is 9.64 Å². The van der Waals surface area contributed by atoms with Crippen LogP contribution in [0, 0.1) is 11.7 Å². The number of nitrogens with zero attached hydrogens (tertiary/aromatic N) is 1. The Kier molecular flexibility index (Phi) is 3.61. The van der Waals surface area contributed by atoms with Crippen molar-refractivity contribution in [1.82, 2.24) is 0 Å². The topological polar surface area (TPSA) is 29.5 Å². The van der Waals surface area contributed by atoms with Gasteiger partial charge in [-0.2, -0.15) is 0 Å². The van der Waals surface area contributed by atoms with Crippen LogP contribution in [0.2, 0.25) is 0 Å². The van der Waals surface area contributed by atoms with Crippen molar-refractivity contribution in [3.63, 3.8) is 0 Å². The van der Waals surface area contributed by atoms with Crippen molar-refractivity contribution in [2.24, 2.45) is 5.92 Å². The molecule has 0 amide bonds. The van der Waals surface area contributed by atoms with Crippen LogP contribution in [0.5, 0.6) is 0 Å². The summed E-state index contributed by atoms with van der Waals surface area (Å²) in [7, 11) is 1.39. The Morgan fingerprint density at radius 3 is 2.94 bits per heavy atom. The first-order valence-electron chi connectivity index (χ1n) is 5.79. The van der Waals surface area contributed by atoms with E-state index < -0.39 is 0 Å². The molecule has 0 bridgehead atoms. The van der Waals surface area contributed by atoms with Gasteiger partial charge in [0.25, 0.3) is 0 Å². The minimum Gasteiger partial charge on any atom is -0.469 e. The van der Waals surface area contributed by atoms with E-state index in [2.05, 4.69) is 0 Å². The van der Waals surface area contributed by atoms with Crippen LogP contribution >= 0.6 is 0 Å². The fourth-order valence-corrected chi connectivity index (χ4v) is 2.26. The largest absolute Gasteiger partial charge is 0.469 e. The molecule has 4 heteroatoms. The summed E-state index contributed by atoms with van der Waals surface area (Å²) in [5.74, 6) is -0.586. The first-order chi connectivity index (χ1) is 8.22. The normalized spacial score (nSPS) is 20.1. The molecule has 17 heavy (non-hydrogen) atoms. The first-order valence-corrected chi connectivity index (χ1v) is 5.79. The molecule has 3 nitrogen and oxygen atoms in total. The molecule has 0 aromatic heterocycles. The number of carbonyl (C=O) groups is 1. The number of hydrogen-bond acceptors (Lipinski definition) is 3. The molecule has 1 atom stereocenters. The predicted molar refractivity (Wildman–Crippen MR) is 63.4 cm³/mol. The average Bonchev–Trinajstić information content (AvgIpc) is 2.38. The van der Waals surface area contributed by atoms with Gasteiger partial charge in [0, 0.05) is 13.1 Å². The highest BCUT2D eigenvalue weighted by Crippen LogP contribution is 2.25. The summed E-state index contributed by atoms with van der Waals surface area (Å²) >= 11 is 0. The Balaban J connectivity index is 2.12. The molecule has 0 aliphatic carbocycles. The van der Waals surface area contributed by atoms with Crippen molar-refractivity contribution in [3.05, 3.63) is 30.1 Å². The summed E-state index contributed by atoms with van der Waals surface area (Å²) in [6.07, 6.45) is 1.70. The monoisotopic (exact) mass is 237 g/mol. The fourth-order valence-electron chi connectivity index (χ4n) is 2.26. The number of methoxy groups -OCH3 is 1. The average molecular weight is 237 g/mol. The number of esters is 1. The lowest BCUT2D eigenvalue weighted by Crippen LogP contribution is -2.39. The van der Waals surface area contributed by atoms with Gasteiger partial charge >= 0.3 is 5.97 Å². The Morgan fingerprint density at radius 2 is 2.24 bits per heavy atom. The number of para-hydroxylation sites is 1. The molecule has 1 saturated heterocycles. The zero-order valence-electron chi connectivity index (χ0n) is 9.86. The third-order valence-electron chi connectivity index (χ3n) is 3.15. The first kappa shape index (κ1) is 11.9. The molecule has 0 spiro atoms. The van der Waals surface area contributed by atoms with Crippen molar-refractivity contribution in [1.29, 1.82) is 0 Å². The molecule has 0 radical (unpaired) electrons. The van der Waals surface area contributed by atoms with Gasteiger partial charge in [-0.25, -0.2) is 4.39 Å². The molecule has 0 N–H and O–H groups in total. The lowest BCUT2D eigenvalue weighted by Gasteiger charge is -2.33. The van der Waals surface area contributed by atoms with Gasteiger partial charge in [-0.15, -0.1) is 0 Å². The molecule has 1 aliphatic rings. The fraction of sp³-hybridized carbons (Fsp3) is 0.462. The molecule has 2 rings (SSSR count). The molecule has 1 aliphatic heterocycles. The smallest absolute Gasteiger partial charge is 0.310 e. The second-order valence-electron chi connectivity index (χ2n) is 4.26. The maximum atomic E-state index is 13.6. The third kappa shape index (κ3) is 2.57. The number of piperidine rings is 1. The summed E-state index contributed by atoms with van der Waals surface area (Å²) < 4.78 is 18.4. The summed E-state index contributed by atoms with van der Waals surface area (Å²) in [6, 6.07) is 6.66. The lowest BCUT2D eigenvalue weighted by molar-refractivity contribution is -0.145. The SMILES string of the molecule is COC(=O)C1CCCN(c2ccccc2F)C1. The van der Waals surface area contributed by atoms with E-state index in [4.69, 9.17) is 4.74 Å². The van der Waals surface area contributed by atoms with Crippen LogP contribution in [-0.2, 0) is 9.53 Å². The van der Waals surface area contributed by atoms with Crippen molar-refractivity contribution in [3.8, 4) is 0 Å². The lowest BCUT2D eigenvalue weighted by atomic mass is 9.97. The van der Waals surface area contributed by atoms with E-state index in [1.807, 2.05) is 4.90 Å². The minimum atomic E-state index is -0.238. The quantitative estimate of drug-likeness (QED) is 0.739. The molecule has 0 saturated carbocycles. The van der Waals surface area contributed by atoms with Crippen LogP contribution in [0.3, 0.4) is 0 Å². The van der Waals surface area contributed by atoms with Crippen LogP contribution in [0.15, 0.2) is 24.3 Å². The maximum absolute atomic E-state index is 13.6. The molecule has 92 valence electrons. The van der Waals surface area contributed by atoms with Crippen LogP contribution in [0.25, 0.3) is 0 Å². The van der Waals surface area contributed by atoms with E-state index in [0.717, 1.165) is 19.4 Å². The third-order valence-corrected chi connectivity index (χ3v) is 3.15. The second kappa shape index (κ2) is 5.17. The van der Waals surface area contributed by atoms with Crippen molar-refractivity contribution < 1.29 is 13.9 Å². The Morgan fingerprint density at radius 1 is 1.47 bits per heavy atom. The minimum absolute atomic E-state index is 0.145. The molecule has 1 aromatic rings. The Bertz CT molecular complexity index is 408. The molecule has 1 heterocycles. The van der Waals surface area contributed by atoms with Gasteiger partial charge in [0.05, 0.1) is 18.7 Å². The van der Waals surface area contributed by atoms with E-state index in [1.165, 1.54) is 13.2 Å². The Labute approximate surface area is 100 Å². The number of hydrogen-bond donors (Lipinski definition) is 0. The van der Waals surface area contributed by atoms with Gasteiger partial charge in [-0.1, -0.05) is 12.1 Å². The van der Waals surface area contributed by atoms with E-state index >= 15 is 0 Å². The van der Waals surface area contributed by atoms with Crippen LogP contribution in [0.1, 0.15) is 12.8 Å². The molecular weight excluding hydrogens is 221 g/mol. The van der Waals surface area contributed by atoms with Crippen molar-refractivity contribution >= 4 is 11.7 Å². The zero-order valence-corrected chi connectivity index (χ0v) is 9.86. The number of ether oxygens (including phenoxy) is 1. The van der Waals surface area contributed by atoms with Crippen molar-refractivity contribution in [2.45, 2.75) is 12.8 Å². The maximum Gasteiger partial charge on any atom is 0.310 e. The van der Waals surface area contributed by atoms with E-state index in [9.17, 15) is 9.18 Å². The predicted octanol–water partition coefficient (Wildman–Crippen LogP) is 2.22. The molecule has 1 unspecified atom stereocenters. The van der Waals surface area contributed by atoms with Gasteiger partial charge in [-0.3, -0.25) is 4.79 Å². The van der Waals surface area contributed by atoms with Gasteiger partial charge in [0.15, 0.2) is 0 Å². The number of anilines is 1. The van der Waals surface area contributed by atoms with E-state index in [0.29, 0.717) is 12.2 Å². The van der Waals surface area contributed by atoms with Gasteiger partial charge in [0.1, 0.15) is 5.82 Å². The zero-order chi connectivity index (χ0) is 12.3. The number of halogens is 1. The van der Waals surface area contributed by atoms with Crippen LogP contribution in [0.4, 0.5) is 10.1 Å². The summed E-state index contributed by atoms with van der Waals surface area (Å²) in [5.41, 5.74) is 0.570. The standard InChI is InChI=1S/C13H16FNO2/c1-17-13(16)10-5-4-8-15(9-10)12-7-3-2-6-11(12)14/h2-3,6-7,10H,4-5,8-9H2,1H3. The van der Waals surface area contributed by atoms with Gasteiger partial charge in [-0.05, 0) is 25.0 Å². The van der Waals surface area contributed by atoms with E-state index in [-0.39, 0.29) is 17.7 Å². The summed E-state index contributed by atoms with van der Waals surface area (Å²) in [5, 5.41) is 0. The number of carbonyl (C=O) groups excluding carboxylic acids is 1. The highest BCUT2D eigenvalue weighted by atomic mass is 19.1. The summed E-state index contributed by atoms with van der Waals surface area (Å²) in [4.78, 5) is 13.4. The van der Waals surface area contributed by atoms with Crippen LogP contribution in [-0.4, -0.2) is 26.2 Å². The molecule has 1 fully saturated rings. The second-order valence-corrected chi connectivity index (χ2v) is 4.26. The molecule has 1 aromatic carbocycles.